The summed E-state index contributed by atoms with van der Waals surface area (Å²) in [6, 6.07) is 13.9. The molecule has 0 atom stereocenters. The first-order valence-corrected chi connectivity index (χ1v) is 9.60. The third-order valence-corrected chi connectivity index (χ3v) is 3.94. The number of hydrazone groups is 1. The Bertz CT molecular complexity index is 801. The van der Waals surface area contributed by atoms with Gasteiger partial charge in [0.25, 0.3) is 0 Å². The molecule has 0 aliphatic heterocycles. The fraction of sp³-hybridized carbons (Fsp3) is 0.273. The summed E-state index contributed by atoms with van der Waals surface area (Å²) in [6.45, 7) is 9.51. The van der Waals surface area contributed by atoms with E-state index in [0.717, 1.165) is 23.5 Å². The summed E-state index contributed by atoms with van der Waals surface area (Å²) >= 11 is 5.09. The zero-order valence-corrected chi connectivity index (χ0v) is 17.2. The lowest BCUT2D eigenvalue weighted by atomic mass is 10.1. The molecular weight excluding hydrogens is 370 g/mol. The Labute approximate surface area is 172 Å². The first-order chi connectivity index (χ1) is 13.6. The van der Waals surface area contributed by atoms with Crippen LogP contribution in [-0.2, 0) is 0 Å². The van der Waals surface area contributed by atoms with Crippen LogP contribution in [0, 0.1) is 13.8 Å². The smallest absolute Gasteiger partial charge is 0.187 e. The topological polar surface area (TPSA) is 54.9 Å². The van der Waals surface area contributed by atoms with Gasteiger partial charge in [-0.15, -0.1) is 6.58 Å². The van der Waals surface area contributed by atoms with Crippen molar-refractivity contribution in [3.05, 3.63) is 71.8 Å². The molecule has 0 unspecified atom stereocenters. The van der Waals surface area contributed by atoms with E-state index in [1.807, 2.05) is 36.4 Å². The molecule has 5 nitrogen and oxygen atoms in total. The van der Waals surface area contributed by atoms with Gasteiger partial charge >= 0.3 is 0 Å². The Morgan fingerprint density at radius 3 is 2.57 bits per heavy atom. The van der Waals surface area contributed by atoms with Crippen molar-refractivity contribution in [1.82, 2.24) is 10.7 Å². The van der Waals surface area contributed by atoms with Gasteiger partial charge in [0.2, 0.25) is 0 Å². The third kappa shape index (κ3) is 7.80. The fourth-order valence-corrected chi connectivity index (χ4v) is 2.67. The van der Waals surface area contributed by atoms with Crippen molar-refractivity contribution in [2.24, 2.45) is 5.10 Å². The van der Waals surface area contributed by atoms with Gasteiger partial charge in [0.1, 0.15) is 11.5 Å². The van der Waals surface area contributed by atoms with Gasteiger partial charge in [-0.05, 0) is 61.5 Å². The highest BCUT2D eigenvalue weighted by molar-refractivity contribution is 7.80. The van der Waals surface area contributed by atoms with Gasteiger partial charge in [0, 0.05) is 18.5 Å². The Morgan fingerprint density at radius 2 is 1.82 bits per heavy atom. The molecule has 0 saturated carbocycles. The van der Waals surface area contributed by atoms with Gasteiger partial charge in [-0.25, -0.2) is 0 Å². The van der Waals surface area contributed by atoms with E-state index in [1.54, 1.807) is 12.3 Å². The fourth-order valence-electron chi connectivity index (χ4n) is 2.53. The Morgan fingerprint density at radius 1 is 1.11 bits per heavy atom. The number of benzene rings is 2. The van der Waals surface area contributed by atoms with E-state index in [0.29, 0.717) is 24.9 Å². The van der Waals surface area contributed by atoms with Gasteiger partial charge < -0.3 is 14.8 Å². The van der Waals surface area contributed by atoms with Crippen molar-refractivity contribution in [3.63, 3.8) is 0 Å². The van der Waals surface area contributed by atoms with E-state index in [1.165, 1.54) is 11.1 Å². The number of aryl methyl sites for hydroxylation is 2. The van der Waals surface area contributed by atoms with Gasteiger partial charge in [-0.1, -0.05) is 24.3 Å². The summed E-state index contributed by atoms with van der Waals surface area (Å²) in [5.74, 6) is 1.67. The summed E-state index contributed by atoms with van der Waals surface area (Å²) in [5.41, 5.74) is 6.04. The third-order valence-electron chi connectivity index (χ3n) is 3.71. The minimum Gasteiger partial charge on any atom is -0.493 e. The number of para-hydroxylation sites is 1. The molecule has 148 valence electrons. The SMILES string of the molecule is C=CCNC(=S)N/N=C/c1ccccc1OCCCOc1cc(C)cc(C)c1. The minimum atomic E-state index is 0.443. The number of nitrogens with one attached hydrogen (secondary N) is 2. The Kier molecular flexibility index (Phi) is 9.01. The van der Waals surface area contributed by atoms with E-state index >= 15 is 0 Å². The average molecular weight is 398 g/mol. The maximum Gasteiger partial charge on any atom is 0.187 e. The van der Waals surface area contributed by atoms with Gasteiger partial charge in [0.05, 0.1) is 19.4 Å². The number of thiocarbonyl (C=S) groups is 1. The summed E-state index contributed by atoms with van der Waals surface area (Å²) < 4.78 is 11.7. The van der Waals surface area contributed by atoms with Crippen molar-refractivity contribution in [3.8, 4) is 11.5 Å². The van der Waals surface area contributed by atoms with Crippen LogP contribution in [0.1, 0.15) is 23.1 Å². The van der Waals surface area contributed by atoms with Crippen LogP contribution in [0.25, 0.3) is 0 Å². The lowest BCUT2D eigenvalue weighted by Gasteiger charge is -2.11. The molecule has 0 radical (unpaired) electrons. The number of hydrogen-bond donors (Lipinski definition) is 2. The van der Waals surface area contributed by atoms with Crippen LogP contribution >= 0.6 is 12.2 Å². The molecule has 2 N–H and O–H groups in total. The van der Waals surface area contributed by atoms with Crippen LogP contribution in [0.3, 0.4) is 0 Å². The van der Waals surface area contributed by atoms with Gasteiger partial charge in [-0.2, -0.15) is 5.10 Å². The second-order valence-corrected chi connectivity index (χ2v) is 6.69. The van der Waals surface area contributed by atoms with Gasteiger partial charge in [0.15, 0.2) is 5.11 Å². The van der Waals surface area contributed by atoms with Crippen molar-refractivity contribution in [2.45, 2.75) is 20.3 Å². The van der Waals surface area contributed by atoms with E-state index in [-0.39, 0.29) is 0 Å². The molecule has 0 heterocycles. The number of nitrogens with zero attached hydrogens (tertiary/aromatic N) is 1. The van der Waals surface area contributed by atoms with Crippen LogP contribution < -0.4 is 20.2 Å². The van der Waals surface area contributed by atoms with Crippen LogP contribution in [0.4, 0.5) is 0 Å². The van der Waals surface area contributed by atoms with Crippen molar-refractivity contribution in [1.29, 1.82) is 0 Å². The zero-order valence-electron chi connectivity index (χ0n) is 16.4. The molecule has 0 aliphatic rings. The molecule has 2 aromatic rings. The van der Waals surface area contributed by atoms with E-state index in [2.05, 4.69) is 42.3 Å². The van der Waals surface area contributed by atoms with Crippen molar-refractivity contribution >= 4 is 23.5 Å². The zero-order chi connectivity index (χ0) is 20.2. The summed E-state index contributed by atoms with van der Waals surface area (Å²) in [4.78, 5) is 0. The maximum absolute atomic E-state index is 5.88. The second-order valence-electron chi connectivity index (χ2n) is 6.28. The highest BCUT2D eigenvalue weighted by Crippen LogP contribution is 2.18. The largest absolute Gasteiger partial charge is 0.493 e. The summed E-state index contributed by atoms with van der Waals surface area (Å²) in [5, 5.41) is 7.53. The van der Waals surface area contributed by atoms with Crippen LogP contribution in [0.15, 0.2) is 60.2 Å². The number of rotatable bonds is 10. The predicted octanol–water partition coefficient (Wildman–Crippen LogP) is 4.14. The molecule has 2 aromatic carbocycles. The van der Waals surface area contributed by atoms with E-state index in [9.17, 15) is 0 Å². The predicted molar refractivity (Wildman–Crippen MR) is 119 cm³/mol. The molecule has 0 spiro atoms. The van der Waals surface area contributed by atoms with Crippen LogP contribution in [-0.4, -0.2) is 31.1 Å². The van der Waals surface area contributed by atoms with Gasteiger partial charge in [-0.3, -0.25) is 5.43 Å². The molecule has 0 amide bonds. The van der Waals surface area contributed by atoms with Crippen molar-refractivity contribution < 1.29 is 9.47 Å². The van der Waals surface area contributed by atoms with Crippen LogP contribution in [0.2, 0.25) is 0 Å². The summed E-state index contributed by atoms with van der Waals surface area (Å²) in [6.07, 6.45) is 4.19. The first kappa shape index (κ1) is 21.4. The molecule has 28 heavy (non-hydrogen) atoms. The lowest BCUT2D eigenvalue weighted by Crippen LogP contribution is -2.31. The van der Waals surface area contributed by atoms with E-state index in [4.69, 9.17) is 21.7 Å². The Balaban J connectivity index is 1.78. The number of hydrogen-bond acceptors (Lipinski definition) is 4. The Hall–Kier alpha value is -2.86. The number of ether oxygens (including phenoxy) is 2. The molecule has 0 fully saturated rings. The highest BCUT2D eigenvalue weighted by atomic mass is 32.1. The molecule has 6 heteroatoms. The monoisotopic (exact) mass is 397 g/mol. The molecular formula is C22H27N3O2S. The first-order valence-electron chi connectivity index (χ1n) is 9.19. The maximum atomic E-state index is 5.88. The summed E-state index contributed by atoms with van der Waals surface area (Å²) in [7, 11) is 0. The minimum absolute atomic E-state index is 0.443. The standard InChI is InChI=1S/C22H27N3O2S/c1-4-10-23-22(28)25-24-16-19-8-5-6-9-21(19)27-12-7-11-26-20-14-17(2)13-18(3)15-20/h4-6,8-9,13-16H,1,7,10-12H2,2-3H3,(H2,23,25,28)/b24-16+. The van der Waals surface area contributed by atoms with Crippen LogP contribution in [0.5, 0.6) is 11.5 Å². The lowest BCUT2D eigenvalue weighted by molar-refractivity contribution is 0.247. The normalized spacial score (nSPS) is 10.5. The molecule has 0 aliphatic carbocycles. The van der Waals surface area contributed by atoms with E-state index < -0.39 is 0 Å². The highest BCUT2D eigenvalue weighted by Gasteiger charge is 2.02. The second kappa shape index (κ2) is 11.8. The molecule has 2 rings (SSSR count). The quantitative estimate of drug-likeness (QED) is 0.208. The molecule has 0 saturated heterocycles. The van der Waals surface area contributed by atoms with Crippen molar-refractivity contribution in [2.75, 3.05) is 19.8 Å². The average Bonchev–Trinajstić information content (AvgIpc) is 2.66. The molecule has 0 aromatic heterocycles. The molecule has 0 bridgehead atoms.